The van der Waals surface area contributed by atoms with E-state index in [4.69, 9.17) is 0 Å². The van der Waals surface area contributed by atoms with E-state index in [2.05, 4.69) is 17.0 Å². The fourth-order valence-electron chi connectivity index (χ4n) is 3.71. The zero-order valence-corrected chi connectivity index (χ0v) is 17.4. The lowest BCUT2D eigenvalue weighted by atomic mass is 10.1. The second-order valence-corrected chi connectivity index (χ2v) is 8.44. The standard InChI is InChI=1S/C22H23N3O3S/c1-23(13-10-15-8-9-18-19(14-15)29-22(28)24(18)2)11-5-12-25-20(26)16-6-3-4-7-17(16)21(25)27/h3-4,6-9,14H,5,10-13H2,1-2H3. The van der Waals surface area contributed by atoms with Crippen LogP contribution < -0.4 is 4.87 Å². The highest BCUT2D eigenvalue weighted by molar-refractivity contribution is 7.16. The van der Waals surface area contributed by atoms with Crippen LogP contribution in [0.5, 0.6) is 0 Å². The molecule has 0 aliphatic carbocycles. The largest absolute Gasteiger partial charge is 0.307 e. The second-order valence-electron chi connectivity index (χ2n) is 7.44. The number of hydrogen-bond donors (Lipinski definition) is 0. The number of nitrogens with zero attached hydrogens (tertiary/aromatic N) is 3. The normalized spacial score (nSPS) is 13.7. The zero-order valence-electron chi connectivity index (χ0n) is 16.6. The molecule has 2 heterocycles. The lowest BCUT2D eigenvalue weighted by Crippen LogP contribution is -2.33. The Balaban J connectivity index is 1.28. The van der Waals surface area contributed by atoms with E-state index >= 15 is 0 Å². The number of aryl methyl sites for hydroxylation is 1. The number of rotatable bonds is 7. The number of imide groups is 1. The van der Waals surface area contributed by atoms with Gasteiger partial charge in [0, 0.05) is 20.1 Å². The van der Waals surface area contributed by atoms with Crippen LogP contribution >= 0.6 is 11.3 Å². The van der Waals surface area contributed by atoms with E-state index in [0.29, 0.717) is 17.7 Å². The first-order valence-corrected chi connectivity index (χ1v) is 10.5. The Morgan fingerprint density at radius 1 is 0.966 bits per heavy atom. The van der Waals surface area contributed by atoms with Crippen molar-refractivity contribution in [1.29, 1.82) is 0 Å². The molecule has 1 aromatic heterocycles. The van der Waals surface area contributed by atoms with Crippen molar-refractivity contribution in [3.63, 3.8) is 0 Å². The summed E-state index contributed by atoms with van der Waals surface area (Å²) in [6, 6.07) is 13.2. The van der Waals surface area contributed by atoms with E-state index in [9.17, 15) is 14.4 Å². The molecule has 0 radical (unpaired) electrons. The minimum Gasteiger partial charge on any atom is -0.306 e. The fourth-order valence-corrected chi connectivity index (χ4v) is 4.65. The highest BCUT2D eigenvalue weighted by Gasteiger charge is 2.34. The van der Waals surface area contributed by atoms with Crippen molar-refractivity contribution < 1.29 is 9.59 Å². The molecule has 7 heteroatoms. The van der Waals surface area contributed by atoms with Gasteiger partial charge in [0.05, 0.1) is 21.3 Å². The molecular weight excluding hydrogens is 386 g/mol. The van der Waals surface area contributed by atoms with Gasteiger partial charge in [-0.1, -0.05) is 29.5 Å². The van der Waals surface area contributed by atoms with Gasteiger partial charge in [0.1, 0.15) is 0 Å². The number of fused-ring (bicyclic) bond motifs is 2. The van der Waals surface area contributed by atoms with E-state index in [-0.39, 0.29) is 16.7 Å². The van der Waals surface area contributed by atoms with Crippen LogP contribution in [0.4, 0.5) is 0 Å². The number of benzene rings is 2. The van der Waals surface area contributed by atoms with Crippen LogP contribution in [-0.2, 0) is 13.5 Å². The van der Waals surface area contributed by atoms with E-state index in [0.717, 1.165) is 36.1 Å². The molecule has 0 spiro atoms. The highest BCUT2D eigenvalue weighted by Crippen LogP contribution is 2.22. The van der Waals surface area contributed by atoms with Crippen molar-refractivity contribution in [2.75, 3.05) is 26.7 Å². The zero-order chi connectivity index (χ0) is 20.5. The van der Waals surface area contributed by atoms with Crippen molar-refractivity contribution in [1.82, 2.24) is 14.4 Å². The average Bonchev–Trinajstić information content (AvgIpc) is 3.14. The number of carbonyl (C=O) groups is 2. The van der Waals surface area contributed by atoms with Crippen LogP contribution in [0, 0.1) is 0 Å². The summed E-state index contributed by atoms with van der Waals surface area (Å²) in [7, 11) is 3.84. The average molecular weight is 410 g/mol. The number of likely N-dealkylation sites (N-methyl/N-ethyl adjacent to an activating group) is 1. The van der Waals surface area contributed by atoms with Crippen molar-refractivity contribution in [2.24, 2.45) is 7.05 Å². The quantitative estimate of drug-likeness (QED) is 0.563. The van der Waals surface area contributed by atoms with Crippen LogP contribution in [0.3, 0.4) is 0 Å². The third kappa shape index (κ3) is 3.75. The Morgan fingerprint density at radius 3 is 2.34 bits per heavy atom. The number of aromatic nitrogens is 1. The Morgan fingerprint density at radius 2 is 1.66 bits per heavy atom. The number of thiazole rings is 1. The van der Waals surface area contributed by atoms with E-state index < -0.39 is 0 Å². The molecule has 3 aromatic rings. The van der Waals surface area contributed by atoms with Crippen LogP contribution in [0.25, 0.3) is 10.2 Å². The maximum atomic E-state index is 12.4. The summed E-state index contributed by atoms with van der Waals surface area (Å²) in [4.78, 5) is 40.2. The van der Waals surface area contributed by atoms with Crippen LogP contribution in [0.2, 0.25) is 0 Å². The number of hydrogen-bond acceptors (Lipinski definition) is 5. The summed E-state index contributed by atoms with van der Waals surface area (Å²) < 4.78 is 2.69. The minimum absolute atomic E-state index is 0.0578. The van der Waals surface area contributed by atoms with Gasteiger partial charge in [-0.15, -0.1) is 0 Å². The molecule has 6 nitrogen and oxygen atoms in total. The van der Waals surface area contributed by atoms with Crippen molar-refractivity contribution in [2.45, 2.75) is 12.8 Å². The Bertz CT molecular complexity index is 1110. The van der Waals surface area contributed by atoms with Gasteiger partial charge >= 0.3 is 4.87 Å². The van der Waals surface area contributed by atoms with Gasteiger partial charge in [-0.05, 0) is 56.3 Å². The molecule has 1 aliphatic heterocycles. The molecule has 150 valence electrons. The van der Waals surface area contributed by atoms with Gasteiger partial charge in [-0.2, -0.15) is 0 Å². The molecule has 0 N–H and O–H groups in total. The molecule has 0 bridgehead atoms. The summed E-state index contributed by atoms with van der Waals surface area (Å²) >= 11 is 1.27. The lowest BCUT2D eigenvalue weighted by molar-refractivity contribution is 0.0648. The molecule has 1 aliphatic rings. The predicted molar refractivity (Wildman–Crippen MR) is 115 cm³/mol. The van der Waals surface area contributed by atoms with Crippen molar-refractivity contribution >= 4 is 33.4 Å². The first kappa shape index (κ1) is 19.5. The first-order valence-electron chi connectivity index (χ1n) is 9.68. The topological polar surface area (TPSA) is 62.6 Å². The van der Waals surface area contributed by atoms with Gasteiger partial charge in [0.2, 0.25) is 0 Å². The van der Waals surface area contributed by atoms with Crippen LogP contribution in [0.1, 0.15) is 32.7 Å². The maximum Gasteiger partial charge on any atom is 0.307 e. The smallest absolute Gasteiger partial charge is 0.306 e. The molecule has 2 aromatic carbocycles. The van der Waals surface area contributed by atoms with Gasteiger partial charge in [-0.25, -0.2) is 0 Å². The Hall–Kier alpha value is -2.77. The molecule has 0 atom stereocenters. The highest BCUT2D eigenvalue weighted by atomic mass is 32.1. The Labute approximate surface area is 173 Å². The summed E-state index contributed by atoms with van der Waals surface area (Å²) in [5.41, 5.74) is 3.18. The van der Waals surface area contributed by atoms with Gasteiger partial charge in [0.15, 0.2) is 0 Å². The van der Waals surface area contributed by atoms with Crippen molar-refractivity contribution in [3.05, 3.63) is 68.8 Å². The monoisotopic (exact) mass is 409 g/mol. The third-order valence-electron chi connectivity index (χ3n) is 5.44. The van der Waals surface area contributed by atoms with Crippen molar-refractivity contribution in [3.8, 4) is 0 Å². The minimum atomic E-state index is -0.191. The van der Waals surface area contributed by atoms with Crippen LogP contribution in [-0.4, -0.2) is 52.9 Å². The summed E-state index contributed by atoms with van der Waals surface area (Å²) in [5.74, 6) is -0.383. The van der Waals surface area contributed by atoms with Gasteiger partial charge in [-0.3, -0.25) is 19.3 Å². The first-order chi connectivity index (χ1) is 14.0. The third-order valence-corrected chi connectivity index (χ3v) is 6.43. The van der Waals surface area contributed by atoms with E-state index in [1.807, 2.05) is 13.1 Å². The lowest BCUT2D eigenvalue weighted by Gasteiger charge is -2.19. The molecule has 4 rings (SSSR count). The fraction of sp³-hybridized carbons (Fsp3) is 0.318. The molecule has 29 heavy (non-hydrogen) atoms. The molecular formula is C22H23N3O3S. The van der Waals surface area contributed by atoms with E-state index in [1.54, 1.807) is 35.9 Å². The SMILES string of the molecule is CN(CCCN1C(=O)c2ccccc2C1=O)CCc1ccc2c(c1)sc(=O)n2C. The van der Waals surface area contributed by atoms with Crippen LogP contribution in [0.15, 0.2) is 47.3 Å². The molecule has 0 saturated heterocycles. The van der Waals surface area contributed by atoms with Gasteiger partial charge < -0.3 is 9.47 Å². The maximum absolute atomic E-state index is 12.4. The Kier molecular flexibility index (Phi) is 5.34. The summed E-state index contributed by atoms with van der Waals surface area (Å²) in [6.07, 6.45) is 1.62. The van der Waals surface area contributed by atoms with E-state index in [1.165, 1.54) is 21.8 Å². The number of carbonyl (C=O) groups excluding carboxylic acids is 2. The summed E-state index contributed by atoms with van der Waals surface area (Å²) in [5, 5.41) is 0. The molecule has 2 amide bonds. The molecule has 0 fully saturated rings. The summed E-state index contributed by atoms with van der Waals surface area (Å²) in [6.45, 7) is 2.10. The van der Waals surface area contributed by atoms with Gasteiger partial charge in [0.25, 0.3) is 11.8 Å². The molecule has 0 saturated carbocycles. The number of amides is 2. The second kappa shape index (κ2) is 7.93. The molecule has 0 unspecified atom stereocenters. The predicted octanol–water partition coefficient (Wildman–Crippen LogP) is 2.76.